The lowest BCUT2D eigenvalue weighted by Gasteiger charge is -2.35. The van der Waals surface area contributed by atoms with Crippen LogP contribution in [0.25, 0.3) is 0 Å². The highest BCUT2D eigenvalue weighted by Crippen LogP contribution is 2.12. The fourth-order valence-electron chi connectivity index (χ4n) is 2.68. The molecule has 21 heavy (non-hydrogen) atoms. The summed E-state index contributed by atoms with van der Waals surface area (Å²) in [4.78, 5) is 16.4. The molecule has 1 aliphatic heterocycles. The van der Waals surface area contributed by atoms with Crippen molar-refractivity contribution in [3.8, 4) is 0 Å². The van der Waals surface area contributed by atoms with Crippen LogP contribution in [-0.2, 0) is 11.3 Å². The summed E-state index contributed by atoms with van der Waals surface area (Å²) in [6.45, 7) is 10.0. The summed E-state index contributed by atoms with van der Waals surface area (Å²) < 4.78 is 5.23. The van der Waals surface area contributed by atoms with Crippen molar-refractivity contribution in [1.29, 1.82) is 0 Å². The van der Waals surface area contributed by atoms with Gasteiger partial charge in [0.15, 0.2) is 5.76 Å². The van der Waals surface area contributed by atoms with E-state index in [0.717, 1.165) is 50.6 Å². The van der Waals surface area contributed by atoms with Crippen LogP contribution in [0.1, 0.15) is 31.7 Å². The van der Waals surface area contributed by atoms with Gasteiger partial charge in [-0.3, -0.25) is 9.69 Å². The molecule has 1 amide bonds. The topological polar surface area (TPSA) is 75.6 Å². The normalized spacial score (nSPS) is 18.2. The number of nitrogens with two attached hydrogens (primary N) is 1. The molecule has 1 atom stereocenters. The third kappa shape index (κ3) is 4.54. The minimum atomic E-state index is -0.367. The van der Waals surface area contributed by atoms with Gasteiger partial charge in [0, 0.05) is 32.2 Å². The van der Waals surface area contributed by atoms with E-state index in [1.165, 1.54) is 0 Å². The van der Waals surface area contributed by atoms with Gasteiger partial charge >= 0.3 is 0 Å². The molecule has 1 unspecified atom stereocenters. The van der Waals surface area contributed by atoms with Crippen molar-refractivity contribution in [2.75, 3.05) is 26.2 Å². The summed E-state index contributed by atoms with van der Waals surface area (Å²) in [6, 6.07) is 1.59. The Bertz CT molecular complexity index is 464. The van der Waals surface area contributed by atoms with Crippen LogP contribution in [0.4, 0.5) is 0 Å². The zero-order valence-electron chi connectivity index (χ0n) is 13.2. The summed E-state index contributed by atoms with van der Waals surface area (Å²) in [5.74, 6) is 1.41. The molecule has 6 nitrogen and oxygen atoms in total. The molecule has 0 bridgehead atoms. The molecule has 2 rings (SSSR count). The second kappa shape index (κ2) is 7.04. The molecule has 2 N–H and O–H groups in total. The quantitative estimate of drug-likeness (QED) is 0.877. The van der Waals surface area contributed by atoms with E-state index in [1.54, 1.807) is 0 Å². The number of amides is 1. The smallest absolute Gasteiger partial charge is 0.239 e. The average Bonchev–Trinajstić information content (AvgIpc) is 2.83. The Labute approximate surface area is 126 Å². The van der Waals surface area contributed by atoms with E-state index in [1.807, 2.05) is 17.9 Å². The van der Waals surface area contributed by atoms with Gasteiger partial charge in [-0.05, 0) is 19.3 Å². The predicted molar refractivity (Wildman–Crippen MR) is 80.5 cm³/mol. The average molecular weight is 294 g/mol. The Morgan fingerprint density at radius 1 is 1.38 bits per heavy atom. The maximum atomic E-state index is 12.3. The number of aryl methyl sites for hydroxylation is 1. The monoisotopic (exact) mass is 294 g/mol. The number of nitrogens with zero attached hydrogens (tertiary/aromatic N) is 3. The van der Waals surface area contributed by atoms with E-state index in [4.69, 9.17) is 10.3 Å². The molecule has 1 aliphatic rings. The van der Waals surface area contributed by atoms with Gasteiger partial charge in [-0.25, -0.2) is 0 Å². The summed E-state index contributed by atoms with van der Waals surface area (Å²) >= 11 is 0. The van der Waals surface area contributed by atoms with Crippen LogP contribution in [0.15, 0.2) is 10.6 Å². The highest BCUT2D eigenvalue weighted by molar-refractivity contribution is 5.81. The minimum Gasteiger partial charge on any atom is -0.360 e. The van der Waals surface area contributed by atoms with E-state index in [9.17, 15) is 4.79 Å². The molecule has 1 aromatic heterocycles. The summed E-state index contributed by atoms with van der Waals surface area (Å²) in [5, 5.41) is 3.89. The summed E-state index contributed by atoms with van der Waals surface area (Å²) in [5.41, 5.74) is 6.88. The van der Waals surface area contributed by atoms with E-state index >= 15 is 0 Å². The highest BCUT2D eigenvalue weighted by atomic mass is 16.5. The number of rotatable bonds is 5. The summed E-state index contributed by atoms with van der Waals surface area (Å²) in [7, 11) is 0. The molecular weight excluding hydrogens is 268 g/mol. The van der Waals surface area contributed by atoms with Crippen LogP contribution in [0.2, 0.25) is 0 Å². The lowest BCUT2D eigenvalue weighted by Crippen LogP contribution is -2.53. The van der Waals surface area contributed by atoms with Crippen LogP contribution in [0.5, 0.6) is 0 Å². The van der Waals surface area contributed by atoms with Crippen molar-refractivity contribution < 1.29 is 9.32 Å². The Morgan fingerprint density at radius 2 is 2.05 bits per heavy atom. The first-order valence-corrected chi connectivity index (χ1v) is 7.64. The van der Waals surface area contributed by atoms with Crippen molar-refractivity contribution in [3.63, 3.8) is 0 Å². The third-order valence-electron chi connectivity index (χ3n) is 3.78. The van der Waals surface area contributed by atoms with Gasteiger partial charge < -0.3 is 15.2 Å². The molecule has 0 aliphatic carbocycles. The number of piperazine rings is 1. The van der Waals surface area contributed by atoms with Crippen LogP contribution < -0.4 is 5.73 Å². The van der Waals surface area contributed by atoms with Crippen LogP contribution in [0.3, 0.4) is 0 Å². The Morgan fingerprint density at radius 3 is 2.57 bits per heavy atom. The van der Waals surface area contributed by atoms with Gasteiger partial charge in [0.05, 0.1) is 18.3 Å². The molecular formula is C15H26N4O2. The third-order valence-corrected chi connectivity index (χ3v) is 3.78. The zero-order valence-corrected chi connectivity index (χ0v) is 13.2. The first kappa shape index (κ1) is 16.0. The van der Waals surface area contributed by atoms with E-state index in [2.05, 4.69) is 23.9 Å². The number of hydrogen-bond acceptors (Lipinski definition) is 5. The predicted octanol–water partition coefficient (Wildman–Crippen LogP) is 1.00. The molecule has 1 aromatic rings. The fraction of sp³-hybridized carbons (Fsp3) is 0.733. The Kier molecular flexibility index (Phi) is 5.36. The first-order chi connectivity index (χ1) is 9.95. The lowest BCUT2D eigenvalue weighted by atomic mass is 10.0. The number of aromatic nitrogens is 1. The van der Waals surface area contributed by atoms with Crippen molar-refractivity contribution in [2.24, 2.45) is 11.7 Å². The second-order valence-corrected chi connectivity index (χ2v) is 6.27. The molecule has 0 aromatic carbocycles. The van der Waals surface area contributed by atoms with Gasteiger partial charge in [-0.15, -0.1) is 0 Å². The van der Waals surface area contributed by atoms with E-state index in [-0.39, 0.29) is 11.9 Å². The standard InChI is InChI=1S/C15H26N4O2/c1-11(2)8-14(16)15(20)19-6-4-18(5-7-19)10-13-9-12(3)17-21-13/h9,11,14H,4-8,10,16H2,1-3H3. The SMILES string of the molecule is Cc1cc(CN2CCN(C(=O)C(N)CC(C)C)CC2)on1. The van der Waals surface area contributed by atoms with Crippen molar-refractivity contribution >= 4 is 5.91 Å². The number of hydrogen-bond donors (Lipinski definition) is 1. The molecule has 6 heteroatoms. The first-order valence-electron chi connectivity index (χ1n) is 7.64. The van der Waals surface area contributed by atoms with Gasteiger partial charge in [0.25, 0.3) is 0 Å². The van der Waals surface area contributed by atoms with Crippen LogP contribution >= 0.6 is 0 Å². The molecule has 0 radical (unpaired) electrons. The Hall–Kier alpha value is -1.40. The minimum absolute atomic E-state index is 0.0823. The van der Waals surface area contributed by atoms with Crippen LogP contribution in [-0.4, -0.2) is 53.1 Å². The summed E-state index contributed by atoms with van der Waals surface area (Å²) in [6.07, 6.45) is 0.746. The van der Waals surface area contributed by atoms with Gasteiger partial charge in [-0.1, -0.05) is 19.0 Å². The van der Waals surface area contributed by atoms with Gasteiger partial charge in [0.1, 0.15) is 0 Å². The molecule has 1 saturated heterocycles. The maximum absolute atomic E-state index is 12.3. The fourth-order valence-corrected chi connectivity index (χ4v) is 2.68. The highest BCUT2D eigenvalue weighted by Gasteiger charge is 2.26. The van der Waals surface area contributed by atoms with Gasteiger partial charge in [0.2, 0.25) is 5.91 Å². The maximum Gasteiger partial charge on any atom is 0.239 e. The van der Waals surface area contributed by atoms with E-state index < -0.39 is 0 Å². The molecule has 0 saturated carbocycles. The zero-order chi connectivity index (χ0) is 15.4. The van der Waals surface area contributed by atoms with Crippen LogP contribution in [0, 0.1) is 12.8 Å². The molecule has 118 valence electrons. The lowest BCUT2D eigenvalue weighted by molar-refractivity contribution is -0.134. The van der Waals surface area contributed by atoms with Crippen molar-refractivity contribution in [3.05, 3.63) is 17.5 Å². The Balaban J connectivity index is 1.78. The number of carbonyl (C=O) groups is 1. The number of carbonyl (C=O) groups excluding carboxylic acids is 1. The molecule has 2 heterocycles. The van der Waals surface area contributed by atoms with Crippen molar-refractivity contribution in [1.82, 2.24) is 15.0 Å². The second-order valence-electron chi connectivity index (χ2n) is 6.27. The van der Waals surface area contributed by atoms with Gasteiger partial charge in [-0.2, -0.15) is 0 Å². The van der Waals surface area contributed by atoms with Crippen molar-refractivity contribution in [2.45, 2.75) is 39.8 Å². The largest absolute Gasteiger partial charge is 0.360 e. The van der Waals surface area contributed by atoms with E-state index in [0.29, 0.717) is 5.92 Å². The molecule has 0 spiro atoms. The molecule has 1 fully saturated rings.